The quantitative estimate of drug-likeness (QED) is 0.503. The summed E-state index contributed by atoms with van der Waals surface area (Å²) in [6.45, 7) is 3.36. The molecule has 2 aromatic rings. The van der Waals surface area contributed by atoms with Crippen LogP contribution in [-0.2, 0) is 22.4 Å². The number of likely N-dealkylation sites (N-methyl/N-ethyl adjacent to an activating group) is 1. The van der Waals surface area contributed by atoms with Crippen LogP contribution in [0.2, 0.25) is 5.02 Å². The second-order valence-corrected chi connectivity index (χ2v) is 9.69. The Balaban J connectivity index is 1.40. The molecule has 1 aliphatic heterocycles. The highest BCUT2D eigenvalue weighted by atomic mass is 35.5. The summed E-state index contributed by atoms with van der Waals surface area (Å²) in [5.74, 6) is 1.23. The number of carbonyl (C=O) groups is 2. The van der Waals surface area contributed by atoms with Gasteiger partial charge < -0.3 is 26.0 Å². The number of rotatable bonds is 7. The van der Waals surface area contributed by atoms with Crippen LogP contribution in [-0.4, -0.2) is 52.9 Å². The van der Waals surface area contributed by atoms with E-state index in [9.17, 15) is 9.59 Å². The minimum Gasteiger partial charge on any atom is -0.495 e. The first-order chi connectivity index (χ1) is 16.9. The molecule has 1 saturated carbocycles. The summed E-state index contributed by atoms with van der Waals surface area (Å²) in [4.78, 5) is 35.4. The van der Waals surface area contributed by atoms with Crippen molar-refractivity contribution in [3.63, 3.8) is 0 Å². The maximum atomic E-state index is 12.5. The fourth-order valence-corrected chi connectivity index (χ4v) is 5.68. The van der Waals surface area contributed by atoms with E-state index in [0.29, 0.717) is 47.7 Å². The average molecular weight is 497 g/mol. The third-order valence-corrected chi connectivity index (χ3v) is 7.61. The predicted molar refractivity (Wildman–Crippen MR) is 134 cm³/mol. The number of nitrogens with two attached hydrogens (primary N) is 1. The summed E-state index contributed by atoms with van der Waals surface area (Å²) >= 11 is 6.41. The van der Waals surface area contributed by atoms with Crippen molar-refractivity contribution in [3.8, 4) is 5.75 Å². The van der Waals surface area contributed by atoms with Crippen LogP contribution in [0.25, 0.3) is 0 Å². The molecule has 10 heteroatoms. The zero-order valence-corrected chi connectivity index (χ0v) is 20.5. The Morgan fingerprint density at radius 2 is 2.09 bits per heavy atom. The number of ether oxygens (including phenoxy) is 1. The average Bonchev–Trinajstić information content (AvgIpc) is 3.40. The Labute approximate surface area is 209 Å². The van der Waals surface area contributed by atoms with Gasteiger partial charge in [0.2, 0.25) is 17.8 Å². The van der Waals surface area contributed by atoms with Crippen LogP contribution in [0.4, 0.5) is 17.5 Å². The van der Waals surface area contributed by atoms with E-state index >= 15 is 0 Å². The highest BCUT2D eigenvalue weighted by molar-refractivity contribution is 6.32. The van der Waals surface area contributed by atoms with Crippen LogP contribution in [0, 0.1) is 17.8 Å². The third kappa shape index (κ3) is 4.40. The monoisotopic (exact) mass is 496 g/mol. The number of halogens is 1. The fourth-order valence-electron chi connectivity index (χ4n) is 5.53. The van der Waals surface area contributed by atoms with Crippen molar-refractivity contribution in [1.29, 1.82) is 0 Å². The van der Waals surface area contributed by atoms with E-state index in [1.54, 1.807) is 7.11 Å². The molecule has 3 aliphatic rings. The Bertz CT molecular complexity index is 1200. The van der Waals surface area contributed by atoms with Crippen molar-refractivity contribution in [1.82, 2.24) is 14.9 Å². The normalized spacial score (nSPS) is 24.8. The molecule has 184 valence electrons. The van der Waals surface area contributed by atoms with Crippen LogP contribution < -0.4 is 21.1 Å². The van der Waals surface area contributed by atoms with Gasteiger partial charge in [0.05, 0.1) is 31.3 Å². The number of allylic oxidation sites excluding steroid dienone is 1. The summed E-state index contributed by atoms with van der Waals surface area (Å²) in [6, 6.07) is 3.74. The molecule has 1 aromatic heterocycles. The number of fused-ring (bicyclic) bond motifs is 3. The molecule has 1 fully saturated rings. The molecule has 9 nitrogen and oxygen atoms in total. The summed E-state index contributed by atoms with van der Waals surface area (Å²) in [7, 11) is 1.59. The van der Waals surface area contributed by atoms with Crippen molar-refractivity contribution in [2.75, 3.05) is 30.8 Å². The number of nitrogens with zero attached hydrogens (tertiary/aromatic N) is 3. The van der Waals surface area contributed by atoms with Gasteiger partial charge in [-0.2, -0.15) is 4.98 Å². The van der Waals surface area contributed by atoms with Gasteiger partial charge in [-0.1, -0.05) is 23.8 Å². The van der Waals surface area contributed by atoms with Crippen molar-refractivity contribution in [2.24, 2.45) is 23.5 Å². The first-order valence-corrected chi connectivity index (χ1v) is 12.3. The number of amides is 2. The summed E-state index contributed by atoms with van der Waals surface area (Å²) in [6.07, 6.45) is 7.73. The number of aromatic nitrogens is 2. The fraction of sp³-hybridized carbons (Fsp3) is 0.440. The van der Waals surface area contributed by atoms with Crippen LogP contribution in [0.3, 0.4) is 0 Å². The number of carbonyl (C=O) groups excluding carboxylic acids is 2. The van der Waals surface area contributed by atoms with E-state index in [-0.39, 0.29) is 35.6 Å². The molecule has 2 bridgehead atoms. The second kappa shape index (κ2) is 9.37. The standard InChI is InChI=1S/C25H29ClN6O3/c1-3-32-7-6-13-9-18(19(35-2)10-16(13)11-20(32)33)29-25-28-12-17(26)24(31-25)30-22-15-5-4-14(8-15)21(22)23(27)34/h4-5,9-10,12,14-15,21-22H,3,6-8,11H2,1-2H3,(H2,27,34)(H2,28,29,30,31). The first kappa shape index (κ1) is 23.4. The Morgan fingerprint density at radius 3 is 2.83 bits per heavy atom. The molecular weight excluding hydrogens is 468 g/mol. The number of hydrogen-bond donors (Lipinski definition) is 3. The van der Waals surface area contributed by atoms with Gasteiger partial charge in [-0.05, 0) is 54.9 Å². The van der Waals surface area contributed by atoms with Crippen LogP contribution in [0.1, 0.15) is 24.5 Å². The molecule has 4 atom stereocenters. The minimum atomic E-state index is -0.322. The SMILES string of the molecule is CCN1CCc2cc(Nc3ncc(Cl)c(NC4C5C=CC(C5)C4C(N)=O)n3)c(OC)cc2CC1=O. The van der Waals surface area contributed by atoms with E-state index in [2.05, 4.69) is 32.8 Å². The molecule has 35 heavy (non-hydrogen) atoms. The van der Waals surface area contributed by atoms with Gasteiger partial charge in [0, 0.05) is 19.1 Å². The van der Waals surface area contributed by atoms with Crippen LogP contribution in [0.15, 0.2) is 30.5 Å². The number of nitrogens with one attached hydrogen (secondary N) is 2. The summed E-state index contributed by atoms with van der Waals surface area (Å²) < 4.78 is 5.60. The molecule has 0 saturated heterocycles. The van der Waals surface area contributed by atoms with E-state index in [0.717, 1.165) is 24.0 Å². The van der Waals surface area contributed by atoms with Gasteiger partial charge in [0.15, 0.2) is 5.82 Å². The van der Waals surface area contributed by atoms with Gasteiger partial charge in [-0.15, -0.1) is 0 Å². The molecule has 5 rings (SSSR count). The van der Waals surface area contributed by atoms with Gasteiger partial charge in [-0.3, -0.25) is 9.59 Å². The summed E-state index contributed by atoms with van der Waals surface area (Å²) in [5.41, 5.74) is 8.45. The van der Waals surface area contributed by atoms with Gasteiger partial charge in [-0.25, -0.2) is 4.98 Å². The molecule has 4 unspecified atom stereocenters. The Kier molecular flexibility index (Phi) is 6.27. The molecule has 2 heterocycles. The third-order valence-electron chi connectivity index (χ3n) is 7.33. The molecular formula is C25H29ClN6O3. The van der Waals surface area contributed by atoms with Crippen LogP contribution >= 0.6 is 11.6 Å². The molecule has 0 radical (unpaired) electrons. The summed E-state index contributed by atoms with van der Waals surface area (Å²) in [5, 5.41) is 6.95. The van der Waals surface area contributed by atoms with E-state index in [4.69, 9.17) is 22.1 Å². The van der Waals surface area contributed by atoms with Gasteiger partial charge >= 0.3 is 0 Å². The number of anilines is 3. The highest BCUT2D eigenvalue weighted by Gasteiger charge is 2.47. The minimum absolute atomic E-state index is 0.121. The molecule has 0 spiro atoms. The Morgan fingerprint density at radius 1 is 1.29 bits per heavy atom. The van der Waals surface area contributed by atoms with E-state index < -0.39 is 0 Å². The lowest BCUT2D eigenvalue weighted by molar-refractivity contribution is -0.130. The number of primary amides is 1. The van der Waals surface area contributed by atoms with Crippen molar-refractivity contribution >= 4 is 40.9 Å². The van der Waals surface area contributed by atoms with E-state index in [1.807, 2.05) is 24.0 Å². The van der Waals surface area contributed by atoms with Crippen molar-refractivity contribution in [3.05, 3.63) is 46.6 Å². The molecule has 2 amide bonds. The zero-order chi connectivity index (χ0) is 24.7. The molecule has 4 N–H and O–H groups in total. The maximum absolute atomic E-state index is 12.5. The van der Waals surface area contributed by atoms with Gasteiger partial charge in [0.25, 0.3) is 0 Å². The lowest BCUT2D eigenvalue weighted by Crippen LogP contribution is -2.41. The van der Waals surface area contributed by atoms with Crippen molar-refractivity contribution < 1.29 is 14.3 Å². The first-order valence-electron chi connectivity index (χ1n) is 11.9. The lowest BCUT2D eigenvalue weighted by Gasteiger charge is -2.27. The van der Waals surface area contributed by atoms with E-state index in [1.165, 1.54) is 6.20 Å². The largest absolute Gasteiger partial charge is 0.495 e. The predicted octanol–water partition coefficient (Wildman–Crippen LogP) is 2.92. The Hall–Kier alpha value is -3.33. The van der Waals surface area contributed by atoms with Crippen molar-refractivity contribution in [2.45, 2.75) is 32.2 Å². The number of hydrogen-bond acceptors (Lipinski definition) is 7. The molecule has 2 aliphatic carbocycles. The zero-order valence-electron chi connectivity index (χ0n) is 19.8. The van der Waals surface area contributed by atoms with Gasteiger partial charge in [0.1, 0.15) is 10.8 Å². The number of methoxy groups -OCH3 is 1. The maximum Gasteiger partial charge on any atom is 0.229 e. The second-order valence-electron chi connectivity index (χ2n) is 9.28. The topological polar surface area (TPSA) is 122 Å². The lowest BCUT2D eigenvalue weighted by atomic mass is 9.88. The van der Waals surface area contributed by atoms with Crippen LogP contribution in [0.5, 0.6) is 5.75 Å². The molecule has 1 aromatic carbocycles. The smallest absolute Gasteiger partial charge is 0.229 e. The highest BCUT2D eigenvalue weighted by Crippen LogP contribution is 2.45. The number of benzene rings is 1.